The van der Waals surface area contributed by atoms with Crippen molar-refractivity contribution in [3.63, 3.8) is 0 Å². The second-order valence-electron chi connectivity index (χ2n) is 2.09. The average Bonchev–Trinajstić information content (AvgIpc) is 1.84. The summed E-state index contributed by atoms with van der Waals surface area (Å²) in [6.07, 6.45) is 0. The average molecular weight is 182 g/mol. The molecule has 0 fully saturated rings. The highest BCUT2D eigenvalue weighted by atomic mass is 31.2. The van der Waals surface area contributed by atoms with E-state index in [0.717, 1.165) is 0 Å². The van der Waals surface area contributed by atoms with Gasteiger partial charge < -0.3 is 15.7 Å². The summed E-state index contributed by atoms with van der Waals surface area (Å²) in [5.74, 6) is -2.15. The Hall–Kier alpha value is -0.420. The number of aliphatic carboxylic acids is 1. The summed E-state index contributed by atoms with van der Waals surface area (Å²) in [4.78, 5) is 18.8. The molecule has 1 unspecified atom stereocenters. The molecule has 0 spiro atoms. The third-order valence-corrected chi connectivity index (χ3v) is 2.72. The molecule has 0 saturated heterocycles. The first-order valence-corrected chi connectivity index (χ1v) is 4.64. The molecule has 7 heteroatoms. The van der Waals surface area contributed by atoms with Gasteiger partial charge in [-0.25, -0.2) is 5.09 Å². The highest BCUT2D eigenvalue weighted by Crippen LogP contribution is 2.37. The molecule has 2 atom stereocenters. The number of carboxylic acid groups (broad SMARTS) is 1. The van der Waals surface area contributed by atoms with E-state index < -0.39 is 25.8 Å². The SMILES string of the molecule is C[C@H](N)P(=O)(O)NCC(=O)O. The van der Waals surface area contributed by atoms with E-state index in [1.807, 2.05) is 5.09 Å². The van der Waals surface area contributed by atoms with Crippen molar-refractivity contribution in [3.05, 3.63) is 0 Å². The minimum absolute atomic E-state index is 0.560. The van der Waals surface area contributed by atoms with E-state index in [4.69, 9.17) is 15.7 Å². The molecule has 0 saturated carbocycles. The highest BCUT2D eigenvalue weighted by Gasteiger charge is 2.23. The fraction of sp³-hybridized carbons (Fsp3) is 0.750. The van der Waals surface area contributed by atoms with Crippen LogP contribution in [0.3, 0.4) is 0 Å². The summed E-state index contributed by atoms with van der Waals surface area (Å²) in [5.41, 5.74) is 5.09. The monoisotopic (exact) mass is 182 g/mol. The Kier molecular flexibility index (Phi) is 3.68. The van der Waals surface area contributed by atoms with Gasteiger partial charge in [0.2, 0.25) is 0 Å². The second kappa shape index (κ2) is 3.82. The van der Waals surface area contributed by atoms with Crippen LogP contribution in [0.4, 0.5) is 0 Å². The molecule has 5 N–H and O–H groups in total. The van der Waals surface area contributed by atoms with Gasteiger partial charge in [-0.05, 0) is 6.92 Å². The van der Waals surface area contributed by atoms with Crippen LogP contribution < -0.4 is 10.8 Å². The number of hydrogen-bond acceptors (Lipinski definition) is 3. The predicted molar refractivity (Wildman–Crippen MR) is 39.1 cm³/mol. The summed E-state index contributed by atoms with van der Waals surface area (Å²) in [7, 11) is -3.67. The molecule has 0 aliphatic heterocycles. The lowest BCUT2D eigenvalue weighted by Gasteiger charge is -2.14. The number of carbonyl (C=O) groups is 1. The first-order chi connectivity index (χ1) is 4.86. The van der Waals surface area contributed by atoms with E-state index in [1.165, 1.54) is 6.92 Å². The number of nitrogens with two attached hydrogens (primary N) is 1. The molecule has 0 heterocycles. The lowest BCUT2D eigenvalue weighted by molar-refractivity contribution is -0.135. The van der Waals surface area contributed by atoms with Gasteiger partial charge in [-0.3, -0.25) is 9.36 Å². The normalized spacial score (nSPS) is 18.8. The summed E-state index contributed by atoms with van der Waals surface area (Å²) < 4.78 is 10.9. The summed E-state index contributed by atoms with van der Waals surface area (Å²) in [6, 6.07) is 0. The fourth-order valence-corrected chi connectivity index (χ4v) is 0.975. The van der Waals surface area contributed by atoms with E-state index in [2.05, 4.69) is 0 Å². The Morgan fingerprint density at radius 3 is 2.55 bits per heavy atom. The van der Waals surface area contributed by atoms with Crippen molar-refractivity contribution in [2.75, 3.05) is 6.54 Å². The van der Waals surface area contributed by atoms with Crippen LogP contribution in [-0.4, -0.2) is 28.3 Å². The largest absolute Gasteiger partial charge is 0.480 e. The van der Waals surface area contributed by atoms with Gasteiger partial charge in [0, 0.05) is 0 Å². The van der Waals surface area contributed by atoms with Crippen LogP contribution in [0.2, 0.25) is 0 Å². The van der Waals surface area contributed by atoms with Crippen LogP contribution >= 0.6 is 7.52 Å². The standard InChI is InChI=1S/C4H11N2O4P/c1-3(5)11(9,10)6-2-4(7)8/h3H,2,5H2,1H3,(H,7,8)(H2,6,9,10)/t3-/m1/s1. The van der Waals surface area contributed by atoms with E-state index in [9.17, 15) is 9.36 Å². The molecule has 0 aliphatic rings. The third-order valence-electron chi connectivity index (χ3n) is 1.01. The maximum atomic E-state index is 10.9. The third kappa shape index (κ3) is 4.10. The zero-order valence-electron chi connectivity index (χ0n) is 6.02. The molecule has 66 valence electrons. The molecule has 0 aliphatic carbocycles. The maximum absolute atomic E-state index is 10.9. The molecular weight excluding hydrogens is 171 g/mol. The highest BCUT2D eigenvalue weighted by molar-refractivity contribution is 7.56. The minimum atomic E-state index is -3.67. The van der Waals surface area contributed by atoms with E-state index in [-0.39, 0.29) is 0 Å². The Morgan fingerprint density at radius 1 is 1.82 bits per heavy atom. The first-order valence-electron chi connectivity index (χ1n) is 2.91. The van der Waals surface area contributed by atoms with E-state index in [0.29, 0.717) is 0 Å². The van der Waals surface area contributed by atoms with Gasteiger partial charge in [0.25, 0.3) is 7.52 Å². The molecule has 0 radical (unpaired) electrons. The summed E-state index contributed by atoms with van der Waals surface area (Å²) in [6.45, 7) is 0.769. The Morgan fingerprint density at radius 2 is 2.27 bits per heavy atom. The van der Waals surface area contributed by atoms with Gasteiger partial charge in [-0.2, -0.15) is 0 Å². The predicted octanol–water partition coefficient (Wildman–Crippen LogP) is -0.849. The van der Waals surface area contributed by atoms with Crippen LogP contribution in [0.25, 0.3) is 0 Å². The number of nitrogens with one attached hydrogen (secondary N) is 1. The van der Waals surface area contributed by atoms with Crippen molar-refractivity contribution in [3.8, 4) is 0 Å². The minimum Gasteiger partial charge on any atom is -0.480 e. The Labute approximate surface area is 63.9 Å². The van der Waals surface area contributed by atoms with Gasteiger partial charge in [-0.15, -0.1) is 0 Å². The molecule has 0 bridgehead atoms. The van der Waals surface area contributed by atoms with Crippen LogP contribution in [0.5, 0.6) is 0 Å². The molecule has 6 nitrogen and oxygen atoms in total. The Balaban J connectivity index is 3.93. The van der Waals surface area contributed by atoms with Crippen LogP contribution in [0.1, 0.15) is 6.92 Å². The first kappa shape index (κ1) is 10.6. The fourth-order valence-electron chi connectivity index (χ4n) is 0.325. The molecule has 0 rings (SSSR count). The van der Waals surface area contributed by atoms with Crippen molar-refractivity contribution in [1.29, 1.82) is 0 Å². The van der Waals surface area contributed by atoms with Gasteiger partial charge in [0.1, 0.15) is 6.54 Å². The maximum Gasteiger partial charge on any atom is 0.317 e. The summed E-state index contributed by atoms with van der Waals surface area (Å²) in [5, 5.41) is 10.1. The smallest absolute Gasteiger partial charge is 0.317 e. The van der Waals surface area contributed by atoms with Crippen molar-refractivity contribution in [1.82, 2.24) is 5.09 Å². The van der Waals surface area contributed by atoms with Crippen molar-refractivity contribution in [2.24, 2.45) is 5.73 Å². The number of hydrogen-bond donors (Lipinski definition) is 4. The van der Waals surface area contributed by atoms with Gasteiger partial charge >= 0.3 is 5.97 Å². The molecular formula is C4H11N2O4P. The van der Waals surface area contributed by atoms with Crippen LogP contribution in [0.15, 0.2) is 0 Å². The van der Waals surface area contributed by atoms with Gasteiger partial charge in [-0.1, -0.05) is 0 Å². The van der Waals surface area contributed by atoms with E-state index in [1.54, 1.807) is 0 Å². The zero-order valence-corrected chi connectivity index (χ0v) is 6.91. The molecule has 0 aromatic carbocycles. The molecule has 0 amide bonds. The summed E-state index contributed by atoms with van der Waals surface area (Å²) >= 11 is 0. The molecule has 0 aromatic rings. The van der Waals surface area contributed by atoms with Crippen LogP contribution in [-0.2, 0) is 9.36 Å². The van der Waals surface area contributed by atoms with Gasteiger partial charge in [0.05, 0.1) is 5.78 Å². The Bertz CT molecular complexity index is 193. The number of carboxylic acids is 1. The quantitative estimate of drug-likeness (QED) is 0.421. The van der Waals surface area contributed by atoms with Crippen molar-refractivity contribution < 1.29 is 19.4 Å². The topological polar surface area (TPSA) is 113 Å². The van der Waals surface area contributed by atoms with Crippen molar-refractivity contribution >= 4 is 13.5 Å². The second-order valence-corrected chi connectivity index (χ2v) is 4.47. The molecule has 0 aromatic heterocycles. The lowest BCUT2D eigenvalue weighted by atomic mass is 10.7. The van der Waals surface area contributed by atoms with Crippen molar-refractivity contribution in [2.45, 2.75) is 12.7 Å². The van der Waals surface area contributed by atoms with E-state index >= 15 is 0 Å². The molecule has 11 heavy (non-hydrogen) atoms. The lowest BCUT2D eigenvalue weighted by Crippen LogP contribution is -2.28. The zero-order chi connectivity index (χ0) is 9.07. The van der Waals surface area contributed by atoms with Crippen LogP contribution in [0, 0.1) is 0 Å². The number of rotatable bonds is 4. The van der Waals surface area contributed by atoms with Gasteiger partial charge in [0.15, 0.2) is 0 Å².